The molecule has 5 rings (SSSR count). The van der Waals surface area contributed by atoms with Crippen molar-refractivity contribution in [2.45, 2.75) is 19.1 Å². The van der Waals surface area contributed by atoms with Crippen LogP contribution < -0.4 is 10.1 Å². The van der Waals surface area contributed by atoms with Crippen LogP contribution in [0.15, 0.2) is 66.0 Å². The molecule has 2 aromatic carbocycles. The zero-order chi connectivity index (χ0) is 17.3. The highest BCUT2D eigenvalue weighted by Gasteiger charge is 2.25. The van der Waals surface area contributed by atoms with Gasteiger partial charge in [0.05, 0.1) is 6.04 Å². The first-order chi connectivity index (χ1) is 12.9. The predicted molar refractivity (Wildman–Crippen MR) is 107 cm³/mol. The van der Waals surface area contributed by atoms with Crippen molar-refractivity contribution >= 4 is 22.2 Å². The lowest BCUT2D eigenvalue weighted by molar-refractivity contribution is 0.306. The number of hydrogen-bond acceptors (Lipinski definition) is 3. The molecule has 1 aliphatic heterocycles. The summed E-state index contributed by atoms with van der Waals surface area (Å²) in [6, 6.07) is 21.3. The zero-order valence-corrected chi connectivity index (χ0v) is 15.2. The van der Waals surface area contributed by atoms with Gasteiger partial charge in [-0.05, 0) is 47.2 Å². The molecule has 3 nitrogen and oxygen atoms in total. The number of H-pyrrole nitrogens is 1. The van der Waals surface area contributed by atoms with E-state index in [4.69, 9.17) is 4.74 Å². The molecule has 2 aromatic heterocycles. The summed E-state index contributed by atoms with van der Waals surface area (Å²) in [5.41, 5.74) is 5.09. The van der Waals surface area contributed by atoms with E-state index in [0.717, 1.165) is 18.7 Å². The number of fused-ring (bicyclic) bond motifs is 3. The minimum Gasteiger partial charge on any atom is -0.489 e. The highest BCUT2D eigenvalue weighted by molar-refractivity contribution is 7.10. The van der Waals surface area contributed by atoms with Crippen LogP contribution in [0.4, 0.5) is 0 Å². The summed E-state index contributed by atoms with van der Waals surface area (Å²) in [5, 5.41) is 7.08. The van der Waals surface area contributed by atoms with E-state index in [9.17, 15) is 0 Å². The molecular formula is C22H20N2OS. The average molecular weight is 360 g/mol. The van der Waals surface area contributed by atoms with Gasteiger partial charge in [0, 0.05) is 28.0 Å². The first-order valence-corrected chi connectivity index (χ1v) is 9.84. The second-order valence-corrected chi connectivity index (χ2v) is 7.63. The molecule has 4 aromatic rings. The fraction of sp³-hybridized carbons (Fsp3) is 0.182. The van der Waals surface area contributed by atoms with E-state index in [0.29, 0.717) is 6.61 Å². The van der Waals surface area contributed by atoms with Crippen LogP contribution in [0.1, 0.15) is 27.7 Å². The topological polar surface area (TPSA) is 37.0 Å². The van der Waals surface area contributed by atoms with Gasteiger partial charge in [-0.15, -0.1) is 11.3 Å². The molecule has 1 aliphatic rings. The van der Waals surface area contributed by atoms with Crippen LogP contribution in [0.25, 0.3) is 10.9 Å². The Morgan fingerprint density at radius 1 is 1.04 bits per heavy atom. The molecule has 0 spiro atoms. The zero-order valence-electron chi connectivity index (χ0n) is 14.4. The van der Waals surface area contributed by atoms with Crippen LogP contribution >= 0.6 is 11.3 Å². The Morgan fingerprint density at radius 2 is 1.96 bits per heavy atom. The number of benzene rings is 2. The van der Waals surface area contributed by atoms with Crippen molar-refractivity contribution < 1.29 is 4.74 Å². The van der Waals surface area contributed by atoms with Crippen molar-refractivity contribution in [3.8, 4) is 5.75 Å². The molecule has 0 saturated carbocycles. The monoisotopic (exact) mass is 360 g/mol. The Balaban J connectivity index is 1.47. The third-order valence-electron chi connectivity index (χ3n) is 5.00. The maximum atomic E-state index is 6.03. The van der Waals surface area contributed by atoms with Crippen molar-refractivity contribution in [1.82, 2.24) is 10.3 Å². The van der Waals surface area contributed by atoms with Crippen LogP contribution in [-0.4, -0.2) is 11.5 Å². The summed E-state index contributed by atoms with van der Waals surface area (Å²) >= 11 is 1.80. The van der Waals surface area contributed by atoms with Gasteiger partial charge >= 0.3 is 0 Å². The molecule has 0 saturated heterocycles. The highest BCUT2D eigenvalue weighted by atomic mass is 32.1. The molecule has 130 valence electrons. The normalized spacial score (nSPS) is 16.5. The van der Waals surface area contributed by atoms with Crippen molar-refractivity contribution in [2.24, 2.45) is 0 Å². The predicted octanol–water partition coefficient (Wildman–Crippen LogP) is 5.04. The largest absolute Gasteiger partial charge is 0.489 e. The Morgan fingerprint density at radius 3 is 2.81 bits per heavy atom. The molecule has 0 amide bonds. The molecule has 4 heteroatoms. The number of nitrogens with one attached hydrogen (secondary N) is 2. The van der Waals surface area contributed by atoms with E-state index in [-0.39, 0.29) is 6.04 Å². The van der Waals surface area contributed by atoms with E-state index in [2.05, 4.69) is 58.1 Å². The van der Waals surface area contributed by atoms with E-state index in [1.165, 1.54) is 32.6 Å². The molecule has 0 radical (unpaired) electrons. The maximum Gasteiger partial charge on any atom is 0.120 e. The second kappa shape index (κ2) is 6.63. The van der Waals surface area contributed by atoms with Gasteiger partial charge in [0.15, 0.2) is 0 Å². The van der Waals surface area contributed by atoms with Crippen molar-refractivity contribution in [3.05, 3.63) is 87.7 Å². The van der Waals surface area contributed by atoms with E-state index in [1.54, 1.807) is 11.3 Å². The van der Waals surface area contributed by atoms with Gasteiger partial charge < -0.3 is 15.0 Å². The van der Waals surface area contributed by atoms with E-state index < -0.39 is 0 Å². The van der Waals surface area contributed by atoms with Crippen LogP contribution in [0.3, 0.4) is 0 Å². The van der Waals surface area contributed by atoms with Crippen LogP contribution in [0, 0.1) is 0 Å². The molecule has 3 heterocycles. The molecule has 1 atom stereocenters. The first kappa shape index (κ1) is 15.7. The fourth-order valence-electron chi connectivity index (χ4n) is 3.74. The Kier molecular flexibility index (Phi) is 4.00. The van der Waals surface area contributed by atoms with E-state index in [1.807, 2.05) is 18.2 Å². The lowest BCUT2D eigenvalue weighted by Gasteiger charge is -2.23. The van der Waals surface area contributed by atoms with Gasteiger partial charge in [-0.3, -0.25) is 0 Å². The number of thiophene rings is 1. The average Bonchev–Trinajstić information content (AvgIpc) is 3.34. The molecular weight excluding hydrogens is 340 g/mol. The second-order valence-electron chi connectivity index (χ2n) is 6.65. The summed E-state index contributed by atoms with van der Waals surface area (Å²) in [4.78, 5) is 5.00. The third-order valence-corrected chi connectivity index (χ3v) is 5.94. The van der Waals surface area contributed by atoms with Gasteiger partial charge in [-0.25, -0.2) is 0 Å². The molecule has 26 heavy (non-hydrogen) atoms. The van der Waals surface area contributed by atoms with Crippen molar-refractivity contribution in [3.63, 3.8) is 0 Å². The molecule has 1 unspecified atom stereocenters. The number of aromatic nitrogens is 1. The fourth-order valence-corrected chi connectivity index (χ4v) is 4.54. The smallest absolute Gasteiger partial charge is 0.120 e. The summed E-state index contributed by atoms with van der Waals surface area (Å²) in [6.07, 6.45) is 1.04. The Labute approximate surface area is 156 Å². The Hall–Kier alpha value is -2.56. The molecule has 0 bridgehead atoms. The third kappa shape index (κ3) is 2.81. The minimum absolute atomic E-state index is 0.264. The van der Waals surface area contributed by atoms with Crippen LogP contribution in [0.5, 0.6) is 5.75 Å². The SMILES string of the molecule is c1ccc(COc2ccc3[nH]c4c(c3c2)CCNC4c2cccs2)cc1. The Bertz CT molecular complexity index is 1020. The first-order valence-electron chi connectivity index (χ1n) is 8.96. The van der Waals surface area contributed by atoms with Crippen molar-refractivity contribution in [2.75, 3.05) is 6.54 Å². The lowest BCUT2D eigenvalue weighted by Crippen LogP contribution is -2.29. The van der Waals surface area contributed by atoms with E-state index >= 15 is 0 Å². The van der Waals surface area contributed by atoms with Gasteiger partial charge in [0.1, 0.15) is 12.4 Å². The number of hydrogen-bond donors (Lipinski definition) is 2. The summed E-state index contributed by atoms with van der Waals surface area (Å²) in [6.45, 7) is 1.59. The highest BCUT2D eigenvalue weighted by Crippen LogP contribution is 2.36. The van der Waals surface area contributed by atoms with Gasteiger partial charge in [-0.1, -0.05) is 36.4 Å². The van der Waals surface area contributed by atoms with Crippen LogP contribution in [-0.2, 0) is 13.0 Å². The number of ether oxygens (including phenoxy) is 1. The quantitative estimate of drug-likeness (QED) is 0.535. The van der Waals surface area contributed by atoms with Gasteiger partial charge in [0.25, 0.3) is 0 Å². The summed E-state index contributed by atoms with van der Waals surface area (Å²) in [5.74, 6) is 0.925. The minimum atomic E-state index is 0.264. The van der Waals surface area contributed by atoms with Gasteiger partial charge in [0.2, 0.25) is 0 Å². The maximum absolute atomic E-state index is 6.03. The number of aromatic amines is 1. The standard InChI is InChI=1S/C22H20N2OS/c1-2-5-15(6-3-1)14-25-16-8-9-19-18(13-16)17-10-11-23-22(21(17)24-19)20-7-4-12-26-20/h1-9,12-13,22-24H,10-11,14H2. The number of rotatable bonds is 4. The van der Waals surface area contributed by atoms with Crippen LogP contribution in [0.2, 0.25) is 0 Å². The van der Waals surface area contributed by atoms with Crippen molar-refractivity contribution in [1.29, 1.82) is 0 Å². The molecule has 2 N–H and O–H groups in total. The van der Waals surface area contributed by atoms with Gasteiger partial charge in [-0.2, -0.15) is 0 Å². The molecule has 0 aliphatic carbocycles. The molecule has 0 fully saturated rings. The summed E-state index contributed by atoms with van der Waals surface area (Å²) in [7, 11) is 0. The lowest BCUT2D eigenvalue weighted by atomic mass is 9.98. The summed E-state index contributed by atoms with van der Waals surface area (Å²) < 4.78 is 6.03.